The van der Waals surface area contributed by atoms with E-state index in [1.165, 1.54) is 36.9 Å². The highest BCUT2D eigenvalue weighted by molar-refractivity contribution is 5.18. The van der Waals surface area contributed by atoms with E-state index in [4.69, 9.17) is 5.73 Å². The molecule has 21 heavy (non-hydrogen) atoms. The maximum Gasteiger partial charge on any atom is 0.0994 e. The van der Waals surface area contributed by atoms with Crippen molar-refractivity contribution in [1.82, 2.24) is 15.0 Å². The Kier molecular flexibility index (Phi) is 6.41. The van der Waals surface area contributed by atoms with Crippen molar-refractivity contribution in [3.8, 4) is 0 Å². The summed E-state index contributed by atoms with van der Waals surface area (Å²) in [6.45, 7) is 3.66. The van der Waals surface area contributed by atoms with Crippen LogP contribution in [0.5, 0.6) is 0 Å². The summed E-state index contributed by atoms with van der Waals surface area (Å²) in [6, 6.07) is 10.5. The molecule has 114 valence electrons. The normalized spacial score (nSPS) is 11.0. The van der Waals surface area contributed by atoms with Gasteiger partial charge < -0.3 is 5.73 Å². The molecule has 1 aromatic carbocycles. The molecule has 0 saturated carbocycles. The summed E-state index contributed by atoms with van der Waals surface area (Å²) in [5.41, 5.74) is 9.29. The van der Waals surface area contributed by atoms with Crippen molar-refractivity contribution < 1.29 is 0 Å². The molecule has 0 unspecified atom stereocenters. The summed E-state index contributed by atoms with van der Waals surface area (Å²) in [6.07, 6.45) is 6.93. The van der Waals surface area contributed by atoms with E-state index in [1.54, 1.807) is 0 Å². The zero-order valence-corrected chi connectivity index (χ0v) is 13.0. The number of nitrogens with two attached hydrogens (primary N) is 1. The molecule has 0 aliphatic carbocycles. The first kappa shape index (κ1) is 15.7. The average Bonchev–Trinajstić information content (AvgIpc) is 2.92. The van der Waals surface area contributed by atoms with E-state index in [1.807, 2.05) is 6.07 Å². The minimum atomic E-state index is 0.471. The van der Waals surface area contributed by atoms with Crippen molar-refractivity contribution in [2.24, 2.45) is 5.73 Å². The van der Waals surface area contributed by atoms with Gasteiger partial charge in [-0.15, -0.1) is 5.10 Å². The zero-order chi connectivity index (χ0) is 14.9. The number of hydrogen-bond donors (Lipinski definition) is 1. The van der Waals surface area contributed by atoms with Gasteiger partial charge in [0.25, 0.3) is 0 Å². The van der Waals surface area contributed by atoms with Crippen LogP contribution >= 0.6 is 0 Å². The molecule has 0 bridgehead atoms. The molecule has 0 amide bonds. The molecule has 0 aliphatic rings. The van der Waals surface area contributed by atoms with Crippen LogP contribution in [0.2, 0.25) is 0 Å². The first-order chi connectivity index (χ1) is 10.3. The van der Waals surface area contributed by atoms with Gasteiger partial charge in [-0.3, -0.25) is 0 Å². The summed E-state index contributed by atoms with van der Waals surface area (Å²) in [5.74, 6) is 0. The molecular formula is C17H26N4. The van der Waals surface area contributed by atoms with Crippen LogP contribution in [0.1, 0.15) is 49.6 Å². The van der Waals surface area contributed by atoms with Crippen LogP contribution < -0.4 is 5.73 Å². The fourth-order valence-corrected chi connectivity index (χ4v) is 2.58. The number of benzene rings is 1. The molecule has 2 N–H and O–H groups in total. The molecule has 4 heteroatoms. The van der Waals surface area contributed by atoms with Crippen LogP contribution in [0.3, 0.4) is 0 Å². The van der Waals surface area contributed by atoms with Gasteiger partial charge in [0, 0.05) is 13.1 Å². The van der Waals surface area contributed by atoms with Gasteiger partial charge in [0.2, 0.25) is 0 Å². The zero-order valence-electron chi connectivity index (χ0n) is 13.0. The second-order valence-electron chi connectivity index (χ2n) is 5.46. The fraction of sp³-hybridized carbons (Fsp3) is 0.529. The Balaban J connectivity index is 1.97. The van der Waals surface area contributed by atoms with Crippen molar-refractivity contribution >= 4 is 0 Å². The molecule has 2 aromatic rings. The number of aryl methyl sites for hydroxylation is 2. The molecule has 0 radical (unpaired) electrons. The van der Waals surface area contributed by atoms with Gasteiger partial charge in [-0.05, 0) is 24.8 Å². The van der Waals surface area contributed by atoms with Gasteiger partial charge >= 0.3 is 0 Å². The highest BCUT2D eigenvalue weighted by Gasteiger charge is 2.11. The standard InChI is InChI=1S/C17H26N4/c1-2-3-4-8-13-21-17(16(14-18)19-20-21)12-11-15-9-6-5-7-10-15/h5-7,9-10H,2-4,8,11-14,18H2,1H3. The predicted octanol–water partition coefficient (Wildman–Crippen LogP) is 3.10. The smallest absolute Gasteiger partial charge is 0.0994 e. The molecule has 0 saturated heterocycles. The lowest BCUT2D eigenvalue weighted by Gasteiger charge is -2.08. The maximum absolute atomic E-state index is 5.79. The van der Waals surface area contributed by atoms with Gasteiger partial charge in [-0.2, -0.15) is 0 Å². The van der Waals surface area contributed by atoms with Crippen molar-refractivity contribution in [1.29, 1.82) is 0 Å². The first-order valence-electron chi connectivity index (χ1n) is 8.00. The molecular weight excluding hydrogens is 260 g/mol. The quantitative estimate of drug-likeness (QED) is 0.721. The third kappa shape index (κ3) is 4.67. The van der Waals surface area contributed by atoms with E-state index in [0.717, 1.165) is 25.1 Å². The lowest BCUT2D eigenvalue weighted by molar-refractivity contribution is 0.511. The third-order valence-electron chi connectivity index (χ3n) is 3.83. The molecule has 4 nitrogen and oxygen atoms in total. The molecule has 1 aromatic heterocycles. The Morgan fingerprint density at radius 2 is 1.86 bits per heavy atom. The topological polar surface area (TPSA) is 56.7 Å². The van der Waals surface area contributed by atoms with Gasteiger partial charge in [-0.1, -0.05) is 61.7 Å². The number of unbranched alkanes of at least 4 members (excludes halogenated alkanes) is 3. The van der Waals surface area contributed by atoms with Crippen LogP contribution in [-0.2, 0) is 25.9 Å². The maximum atomic E-state index is 5.79. The minimum absolute atomic E-state index is 0.471. The van der Waals surface area contributed by atoms with E-state index in [0.29, 0.717) is 6.54 Å². The van der Waals surface area contributed by atoms with E-state index in [-0.39, 0.29) is 0 Å². The van der Waals surface area contributed by atoms with E-state index in [9.17, 15) is 0 Å². The fourth-order valence-electron chi connectivity index (χ4n) is 2.58. The summed E-state index contributed by atoms with van der Waals surface area (Å²) in [7, 11) is 0. The molecule has 0 spiro atoms. The summed E-state index contributed by atoms with van der Waals surface area (Å²) < 4.78 is 2.06. The molecule has 2 rings (SSSR count). The Morgan fingerprint density at radius 1 is 1.05 bits per heavy atom. The van der Waals surface area contributed by atoms with Gasteiger partial charge in [0.05, 0.1) is 11.4 Å². The first-order valence-corrected chi connectivity index (χ1v) is 8.00. The van der Waals surface area contributed by atoms with Crippen LogP contribution in [0.4, 0.5) is 0 Å². The SMILES string of the molecule is CCCCCCn1nnc(CN)c1CCc1ccccc1. The van der Waals surface area contributed by atoms with E-state index >= 15 is 0 Å². The van der Waals surface area contributed by atoms with Crippen molar-refractivity contribution in [2.75, 3.05) is 0 Å². The van der Waals surface area contributed by atoms with Crippen molar-refractivity contribution in [3.05, 3.63) is 47.3 Å². The molecule has 1 heterocycles. The van der Waals surface area contributed by atoms with Crippen molar-refractivity contribution in [2.45, 2.75) is 58.5 Å². The van der Waals surface area contributed by atoms with Gasteiger partial charge in [0.1, 0.15) is 0 Å². The summed E-state index contributed by atoms with van der Waals surface area (Å²) in [4.78, 5) is 0. The predicted molar refractivity (Wildman–Crippen MR) is 85.9 cm³/mol. The number of rotatable bonds is 9. The van der Waals surface area contributed by atoms with E-state index in [2.05, 4.69) is 46.2 Å². The molecule has 0 atom stereocenters. The Morgan fingerprint density at radius 3 is 2.57 bits per heavy atom. The number of aromatic nitrogens is 3. The van der Waals surface area contributed by atoms with Gasteiger partial charge in [0.15, 0.2) is 0 Å². The largest absolute Gasteiger partial charge is 0.325 e. The number of nitrogens with zero attached hydrogens (tertiary/aromatic N) is 3. The molecule has 0 aliphatic heterocycles. The number of hydrogen-bond acceptors (Lipinski definition) is 3. The summed E-state index contributed by atoms with van der Waals surface area (Å²) in [5, 5.41) is 8.52. The Hall–Kier alpha value is -1.68. The lowest BCUT2D eigenvalue weighted by Crippen LogP contribution is -2.09. The Bertz CT molecular complexity index is 519. The van der Waals surface area contributed by atoms with Crippen LogP contribution in [0.15, 0.2) is 30.3 Å². The highest BCUT2D eigenvalue weighted by Crippen LogP contribution is 2.12. The van der Waals surface area contributed by atoms with Gasteiger partial charge in [-0.25, -0.2) is 4.68 Å². The van der Waals surface area contributed by atoms with Crippen LogP contribution in [0, 0.1) is 0 Å². The second-order valence-corrected chi connectivity index (χ2v) is 5.46. The van der Waals surface area contributed by atoms with Crippen LogP contribution in [-0.4, -0.2) is 15.0 Å². The minimum Gasteiger partial charge on any atom is -0.325 e. The highest BCUT2D eigenvalue weighted by atomic mass is 15.4. The summed E-state index contributed by atoms with van der Waals surface area (Å²) >= 11 is 0. The monoisotopic (exact) mass is 286 g/mol. The molecule has 0 fully saturated rings. The lowest BCUT2D eigenvalue weighted by atomic mass is 10.1. The van der Waals surface area contributed by atoms with Crippen molar-refractivity contribution in [3.63, 3.8) is 0 Å². The van der Waals surface area contributed by atoms with Crippen LogP contribution in [0.25, 0.3) is 0 Å². The second kappa shape index (κ2) is 8.57. The Labute approximate surface area is 127 Å². The average molecular weight is 286 g/mol. The van der Waals surface area contributed by atoms with E-state index < -0.39 is 0 Å². The third-order valence-corrected chi connectivity index (χ3v) is 3.83.